The molecule has 2 saturated carbocycles. The first-order chi connectivity index (χ1) is 27.4. The molecule has 6 rings (SSSR count). The van der Waals surface area contributed by atoms with Crippen LogP contribution in [0.4, 0.5) is 18.0 Å². The van der Waals surface area contributed by atoms with Gasteiger partial charge in [0.05, 0.1) is 30.1 Å². The quantitative estimate of drug-likeness (QED) is 0.305. The number of carbonyl (C=O) groups excluding carboxylic acids is 3. The molecule has 0 spiro atoms. The van der Waals surface area contributed by atoms with E-state index in [1.54, 1.807) is 26.8 Å². The van der Waals surface area contributed by atoms with Crippen LogP contribution in [0, 0.1) is 17.8 Å². The smallest absolute Gasteiger partial charge is 0.438 e. The average molecular weight is 852 g/mol. The average Bonchev–Trinajstić information content (AvgIpc) is 4.02. The second kappa shape index (κ2) is 15.7. The number of carboxylic acid groups (broad SMARTS) is 1. The third-order valence-electron chi connectivity index (χ3n) is 12.0. The highest BCUT2D eigenvalue weighted by Crippen LogP contribution is 2.48. The van der Waals surface area contributed by atoms with Crippen molar-refractivity contribution < 1.29 is 55.3 Å². The van der Waals surface area contributed by atoms with E-state index in [0.717, 1.165) is 16.0 Å². The zero-order valence-corrected chi connectivity index (χ0v) is 34.9. The minimum absolute atomic E-state index is 0.00226. The number of halogens is 3. The molecule has 3 fully saturated rings. The molecule has 4 amide bonds. The van der Waals surface area contributed by atoms with E-state index < -0.39 is 110 Å². The third kappa shape index (κ3) is 8.77. The minimum Gasteiger partial charge on any atom is -0.481 e. The van der Waals surface area contributed by atoms with Crippen LogP contribution in [-0.2, 0) is 30.6 Å². The monoisotopic (exact) mass is 851 g/mol. The summed E-state index contributed by atoms with van der Waals surface area (Å²) >= 11 is 0. The highest BCUT2D eigenvalue weighted by molar-refractivity contribution is 7.91. The predicted molar refractivity (Wildman–Crippen MR) is 206 cm³/mol. The highest BCUT2D eigenvalue weighted by Gasteiger charge is 2.63. The molecule has 59 heavy (non-hydrogen) atoms. The predicted octanol–water partition coefficient (Wildman–Crippen LogP) is 4.82. The van der Waals surface area contributed by atoms with Crippen LogP contribution in [0.5, 0.6) is 11.8 Å². The van der Waals surface area contributed by atoms with E-state index in [1.807, 2.05) is 19.9 Å². The van der Waals surface area contributed by atoms with Gasteiger partial charge in [-0.1, -0.05) is 32.4 Å². The van der Waals surface area contributed by atoms with Crippen LogP contribution in [-0.4, -0.2) is 110 Å². The van der Waals surface area contributed by atoms with Gasteiger partial charge < -0.3 is 24.8 Å². The molecule has 0 aromatic carbocycles. The number of nitrogens with zero attached hydrogens (tertiary/aromatic N) is 5. The van der Waals surface area contributed by atoms with Crippen molar-refractivity contribution >= 4 is 44.9 Å². The van der Waals surface area contributed by atoms with Crippen LogP contribution >= 0.6 is 0 Å². The van der Waals surface area contributed by atoms with Crippen LogP contribution in [0.3, 0.4) is 0 Å². The highest BCUT2D eigenvalue weighted by atomic mass is 32.2. The van der Waals surface area contributed by atoms with E-state index in [9.17, 15) is 41.1 Å². The summed E-state index contributed by atoms with van der Waals surface area (Å²) in [6.45, 7) is 9.78. The number of hydrogen-bond acceptors (Lipinski definition) is 11. The van der Waals surface area contributed by atoms with Crippen LogP contribution in [0.25, 0.3) is 11.0 Å². The molecule has 2 aromatic rings. The molecule has 4 heterocycles. The number of sulfonamides is 1. The van der Waals surface area contributed by atoms with Gasteiger partial charge >= 0.3 is 12.3 Å². The fraction of sp³-hybridized carbons (Fsp3) is 0.667. The second-order valence-electron chi connectivity index (χ2n) is 17.5. The Hall–Kier alpha value is -4.75. The van der Waals surface area contributed by atoms with Gasteiger partial charge in [0.25, 0.3) is 5.91 Å². The van der Waals surface area contributed by atoms with Crippen molar-refractivity contribution in [2.24, 2.45) is 17.8 Å². The largest absolute Gasteiger partial charge is 0.481 e. The standard InChI is InChI=1S/C39H52F3N7O9S/c1-8-22-15-21(2)11-9-10-12-23-18-38(23,34(52)47-59(55,56)37(6)13-14-37)46-31(50)27-16-24(20-48(27)33(51)29(22)49(35(53)54)36(3,4)5)58-32-30(39(40,41)42)44-25-17-28(57-7)43-19-26(25)45-32/h10,12,17,19,21-24,27,29H,8-9,11,13-16,18,20H2,1-7H3,(H,46,50)(H,47,52)(H,53,54)/b12-10-/t21-,22-,23-,24-,27+,29+,38-/m1/s1. The Labute approximate surface area is 340 Å². The van der Waals surface area contributed by atoms with Crippen molar-refractivity contribution in [1.29, 1.82) is 0 Å². The van der Waals surface area contributed by atoms with E-state index in [0.29, 0.717) is 38.5 Å². The molecule has 16 nitrogen and oxygen atoms in total. The summed E-state index contributed by atoms with van der Waals surface area (Å²) in [6, 6.07) is -1.66. The van der Waals surface area contributed by atoms with Gasteiger partial charge in [-0.3, -0.25) is 24.0 Å². The summed E-state index contributed by atoms with van der Waals surface area (Å²) in [7, 11) is -2.84. The zero-order valence-electron chi connectivity index (χ0n) is 34.1. The van der Waals surface area contributed by atoms with E-state index in [-0.39, 0.29) is 29.3 Å². The van der Waals surface area contributed by atoms with Crippen molar-refractivity contribution in [2.75, 3.05) is 13.7 Å². The van der Waals surface area contributed by atoms with E-state index in [1.165, 1.54) is 20.1 Å². The molecule has 2 aliphatic carbocycles. The lowest BCUT2D eigenvalue weighted by molar-refractivity contribution is -0.146. The molecule has 2 aromatic heterocycles. The van der Waals surface area contributed by atoms with Crippen LogP contribution in [0.2, 0.25) is 0 Å². The Kier molecular flexibility index (Phi) is 11.7. The van der Waals surface area contributed by atoms with Gasteiger partial charge in [-0.15, -0.1) is 0 Å². The molecule has 7 atom stereocenters. The Morgan fingerprint density at radius 3 is 2.42 bits per heavy atom. The number of allylic oxidation sites excluding steroid dienone is 1. The van der Waals surface area contributed by atoms with Gasteiger partial charge in [-0.2, -0.15) is 13.2 Å². The SMILES string of the molecule is CC[C@@H]1C[C@H](C)CC/C=C\[C@@H]2C[C@@]2(C(=O)NS(=O)(=O)C2(C)CC2)NC(=O)[C@@H]2C[C@@H](Oc3nc4cnc(OC)cc4nc3C(F)(F)F)CN2C(=O)[C@H]1N(C(=O)O)C(C)(C)C. The molecule has 0 unspecified atom stereocenters. The maximum Gasteiger partial charge on any atom is 0.438 e. The fourth-order valence-electron chi connectivity index (χ4n) is 8.21. The number of aromatic nitrogens is 3. The molecule has 2 aliphatic heterocycles. The maximum atomic E-state index is 15.1. The van der Waals surface area contributed by atoms with Gasteiger partial charge in [0, 0.05) is 23.9 Å². The van der Waals surface area contributed by atoms with Gasteiger partial charge in [-0.05, 0) is 78.1 Å². The van der Waals surface area contributed by atoms with E-state index in [4.69, 9.17) is 9.47 Å². The number of methoxy groups -OCH3 is 1. The van der Waals surface area contributed by atoms with E-state index in [2.05, 4.69) is 25.0 Å². The summed E-state index contributed by atoms with van der Waals surface area (Å²) in [5, 5.41) is 13.4. The second-order valence-corrected chi connectivity index (χ2v) is 19.7. The van der Waals surface area contributed by atoms with Gasteiger partial charge in [0.1, 0.15) is 29.2 Å². The maximum absolute atomic E-state index is 15.1. The number of nitrogens with one attached hydrogen (secondary N) is 2. The Bertz CT molecular complexity index is 2140. The summed E-state index contributed by atoms with van der Waals surface area (Å²) in [5.41, 5.74) is -4.56. The molecule has 3 N–H and O–H groups in total. The Morgan fingerprint density at radius 1 is 1.14 bits per heavy atom. The summed E-state index contributed by atoms with van der Waals surface area (Å²) < 4.78 is 81.9. The Morgan fingerprint density at radius 2 is 1.83 bits per heavy atom. The first-order valence-electron chi connectivity index (χ1n) is 19.8. The molecule has 1 saturated heterocycles. The first kappa shape index (κ1) is 43.8. The van der Waals surface area contributed by atoms with Crippen molar-refractivity contribution in [2.45, 2.75) is 133 Å². The number of ether oxygens (including phenoxy) is 2. The number of rotatable bonds is 8. The number of hydrogen-bond donors (Lipinski definition) is 3. The lowest BCUT2D eigenvalue weighted by Gasteiger charge is -2.44. The lowest BCUT2D eigenvalue weighted by atomic mass is 9.82. The number of amides is 4. The van der Waals surface area contributed by atoms with Gasteiger partial charge in [-0.25, -0.2) is 28.2 Å². The van der Waals surface area contributed by atoms with Crippen molar-refractivity contribution in [1.82, 2.24) is 34.8 Å². The number of carbonyl (C=O) groups is 4. The van der Waals surface area contributed by atoms with Crippen LogP contribution in [0.1, 0.15) is 98.6 Å². The number of fused-ring (bicyclic) bond motifs is 3. The van der Waals surface area contributed by atoms with Gasteiger partial charge in [0.15, 0.2) is 0 Å². The normalized spacial score (nSPS) is 29.2. The van der Waals surface area contributed by atoms with E-state index >= 15 is 4.79 Å². The molecular weight excluding hydrogens is 800 g/mol. The van der Waals surface area contributed by atoms with Crippen molar-refractivity contribution in [3.05, 3.63) is 30.1 Å². The molecule has 324 valence electrons. The topological polar surface area (TPSA) is 210 Å². The van der Waals surface area contributed by atoms with Crippen LogP contribution in [0.15, 0.2) is 24.4 Å². The van der Waals surface area contributed by atoms with Crippen LogP contribution < -0.4 is 19.5 Å². The van der Waals surface area contributed by atoms with Gasteiger partial charge in [0.2, 0.25) is 39.3 Å². The molecule has 0 radical (unpaired) electrons. The zero-order chi connectivity index (χ0) is 43.5. The van der Waals surface area contributed by atoms with Crippen molar-refractivity contribution in [3.63, 3.8) is 0 Å². The van der Waals surface area contributed by atoms with Crippen molar-refractivity contribution in [3.8, 4) is 11.8 Å². The molecule has 4 aliphatic rings. The minimum atomic E-state index is -5.06. The molecule has 20 heteroatoms. The number of alkyl halides is 3. The molecular formula is C39H52F3N7O9S. The first-order valence-corrected chi connectivity index (χ1v) is 21.3. The number of pyridine rings is 1. The fourth-order valence-corrected chi connectivity index (χ4v) is 9.53. The summed E-state index contributed by atoms with van der Waals surface area (Å²) in [6.07, 6.45) is -0.627. The molecule has 0 bridgehead atoms. The third-order valence-corrected chi connectivity index (χ3v) is 14.2. The summed E-state index contributed by atoms with van der Waals surface area (Å²) in [5.74, 6) is -4.71. The summed E-state index contributed by atoms with van der Waals surface area (Å²) in [4.78, 5) is 70.7. The Balaban J connectivity index is 1.43. The lowest BCUT2D eigenvalue weighted by Crippen LogP contribution is -2.62.